The minimum absolute atomic E-state index is 0.0982. The van der Waals surface area contributed by atoms with E-state index in [0.717, 1.165) is 0 Å². The molecule has 2 atom stereocenters. The van der Waals surface area contributed by atoms with Crippen molar-refractivity contribution in [3.8, 4) is 5.88 Å². The number of hydrogen-bond donors (Lipinski definition) is 8. The molecule has 0 bridgehead atoms. The molecular weight excluding hydrogens is 450 g/mol. The number of nitrogens with zero attached hydrogens (tertiary/aromatic N) is 3. The molecule has 1 aromatic carbocycles. The number of fused-ring (bicyclic) bond motifs is 1. The van der Waals surface area contributed by atoms with Crippen molar-refractivity contribution in [2.75, 3.05) is 41.1 Å². The van der Waals surface area contributed by atoms with Crippen molar-refractivity contribution in [3.63, 3.8) is 0 Å². The van der Waals surface area contributed by atoms with Gasteiger partial charge in [-0.1, -0.05) is 0 Å². The normalized spacial score (nSPS) is 15.6. The lowest BCUT2D eigenvalue weighted by Gasteiger charge is -2.37. The third-order valence-corrected chi connectivity index (χ3v) is 5.21. The summed E-state index contributed by atoms with van der Waals surface area (Å²) in [6.45, 7) is 0.343. The maximum Gasteiger partial charge on any atom is 0.326 e. The molecule has 3 rings (SSSR count). The Hall–Kier alpha value is -4.33. The molecule has 1 amide bonds. The summed E-state index contributed by atoms with van der Waals surface area (Å²) in [5.74, 6) is -3.25. The van der Waals surface area contributed by atoms with Gasteiger partial charge in [-0.2, -0.15) is 9.97 Å². The van der Waals surface area contributed by atoms with Crippen LogP contribution in [-0.4, -0.2) is 80.1 Å². The molecule has 0 radical (unpaired) electrons. The summed E-state index contributed by atoms with van der Waals surface area (Å²) < 4.78 is 0. The van der Waals surface area contributed by atoms with E-state index in [1.807, 2.05) is 0 Å². The number of nitrogens with two attached hydrogens (primary N) is 1. The zero-order valence-corrected chi connectivity index (χ0v) is 17.9. The third kappa shape index (κ3) is 5.72. The highest BCUT2D eigenvalue weighted by molar-refractivity contribution is 5.97. The fraction of sp³-hybridized carbons (Fsp3) is 0.350. The highest BCUT2D eigenvalue weighted by Crippen LogP contribution is 2.36. The molecule has 1 unspecified atom stereocenters. The van der Waals surface area contributed by atoms with E-state index in [2.05, 4.69) is 25.9 Å². The van der Waals surface area contributed by atoms with Crippen LogP contribution in [0.2, 0.25) is 0 Å². The summed E-state index contributed by atoms with van der Waals surface area (Å²) in [6.07, 6.45) is -0.619. The summed E-state index contributed by atoms with van der Waals surface area (Å²) >= 11 is 0. The van der Waals surface area contributed by atoms with E-state index >= 15 is 0 Å². The van der Waals surface area contributed by atoms with Crippen LogP contribution in [0.1, 0.15) is 23.2 Å². The van der Waals surface area contributed by atoms with Gasteiger partial charge in [0, 0.05) is 30.8 Å². The standard InChI is InChI=1S/C20H25N7O7/c21-20-25-16-15(18(32)26-20)27(9-28)12(8-23-16)7-22-11-3-1-10(2-4-11)17(31)24-13(19(33)34)5-6-14(29)30/h1-4,12-13,22,28H,5-9H2,(H,24,31)(H,29,30)(H,33,34)(H4,21,23,25,26,32)/t12?,13-/m0/s1. The molecule has 9 N–H and O–H groups in total. The molecule has 2 aromatic rings. The lowest BCUT2D eigenvalue weighted by Crippen LogP contribution is -2.48. The van der Waals surface area contributed by atoms with Crippen molar-refractivity contribution in [1.82, 2.24) is 15.3 Å². The molecule has 14 heteroatoms. The Balaban J connectivity index is 1.61. The Labute approximate surface area is 193 Å². The maximum atomic E-state index is 12.3. The number of aliphatic hydroxyl groups is 1. The quantitative estimate of drug-likeness (QED) is 0.217. The number of amides is 1. The zero-order chi connectivity index (χ0) is 24.8. The Bertz CT molecular complexity index is 1060. The van der Waals surface area contributed by atoms with Gasteiger partial charge in [0.15, 0.2) is 5.82 Å². The second kappa shape index (κ2) is 10.5. The van der Waals surface area contributed by atoms with Crippen LogP contribution in [0.5, 0.6) is 5.88 Å². The molecule has 0 aliphatic carbocycles. The Morgan fingerprint density at radius 1 is 1.21 bits per heavy atom. The highest BCUT2D eigenvalue weighted by Gasteiger charge is 2.30. The Morgan fingerprint density at radius 3 is 2.53 bits per heavy atom. The van der Waals surface area contributed by atoms with E-state index in [0.29, 0.717) is 24.6 Å². The second-order valence-corrected chi connectivity index (χ2v) is 7.50. The minimum Gasteiger partial charge on any atom is -0.492 e. The van der Waals surface area contributed by atoms with Gasteiger partial charge in [-0.05, 0) is 30.7 Å². The van der Waals surface area contributed by atoms with Crippen LogP contribution in [0.15, 0.2) is 24.3 Å². The van der Waals surface area contributed by atoms with Crippen LogP contribution in [0.3, 0.4) is 0 Å². The van der Waals surface area contributed by atoms with Crippen LogP contribution >= 0.6 is 0 Å². The number of carbonyl (C=O) groups is 3. The molecule has 0 fully saturated rings. The summed E-state index contributed by atoms with van der Waals surface area (Å²) in [5, 5.41) is 46.4. The van der Waals surface area contributed by atoms with Crippen LogP contribution in [0, 0.1) is 0 Å². The number of aromatic nitrogens is 2. The van der Waals surface area contributed by atoms with E-state index in [1.54, 1.807) is 12.1 Å². The lowest BCUT2D eigenvalue weighted by molar-refractivity contribution is -0.140. The largest absolute Gasteiger partial charge is 0.492 e. The van der Waals surface area contributed by atoms with Gasteiger partial charge < -0.3 is 47.0 Å². The number of hydrogen-bond acceptors (Lipinski definition) is 11. The van der Waals surface area contributed by atoms with Gasteiger partial charge in [0.1, 0.15) is 18.5 Å². The predicted molar refractivity (Wildman–Crippen MR) is 121 cm³/mol. The first kappa shape index (κ1) is 24.3. The van der Waals surface area contributed by atoms with Gasteiger partial charge in [-0.15, -0.1) is 0 Å². The predicted octanol–water partition coefficient (Wildman–Crippen LogP) is -0.525. The smallest absolute Gasteiger partial charge is 0.326 e. The van der Waals surface area contributed by atoms with Gasteiger partial charge in [0.05, 0.1) is 6.04 Å². The van der Waals surface area contributed by atoms with Crippen molar-refractivity contribution in [2.24, 2.45) is 0 Å². The summed E-state index contributed by atoms with van der Waals surface area (Å²) in [6, 6.07) is 4.63. The average Bonchev–Trinajstić information content (AvgIpc) is 2.79. The van der Waals surface area contributed by atoms with Gasteiger partial charge in [0.25, 0.3) is 5.91 Å². The first-order chi connectivity index (χ1) is 16.2. The molecule has 1 aliphatic rings. The first-order valence-electron chi connectivity index (χ1n) is 10.3. The van der Waals surface area contributed by atoms with Crippen molar-refractivity contribution in [3.05, 3.63) is 29.8 Å². The molecule has 1 aromatic heterocycles. The molecule has 182 valence electrons. The molecule has 34 heavy (non-hydrogen) atoms. The first-order valence-corrected chi connectivity index (χ1v) is 10.3. The fourth-order valence-electron chi connectivity index (χ4n) is 3.47. The van der Waals surface area contributed by atoms with E-state index in [9.17, 15) is 29.7 Å². The van der Waals surface area contributed by atoms with Crippen molar-refractivity contribution in [1.29, 1.82) is 0 Å². The number of benzene rings is 1. The monoisotopic (exact) mass is 475 g/mol. The van der Waals surface area contributed by atoms with Gasteiger partial charge in [-0.3, -0.25) is 9.59 Å². The number of carbonyl (C=O) groups excluding carboxylic acids is 1. The number of anilines is 4. The number of nitrogens with one attached hydrogen (secondary N) is 3. The summed E-state index contributed by atoms with van der Waals surface area (Å²) in [5.41, 5.74) is 6.64. The second-order valence-electron chi connectivity index (χ2n) is 7.50. The Morgan fingerprint density at radius 2 is 1.91 bits per heavy atom. The molecule has 14 nitrogen and oxygen atoms in total. The number of nitrogen functional groups attached to an aromatic ring is 1. The SMILES string of the molecule is Nc1nc(O)c2c(n1)NCC(CNc1ccc(C(=O)N[C@@H](CCC(=O)O)C(=O)O)cc1)N2CO. The van der Waals surface area contributed by atoms with Gasteiger partial charge in [0.2, 0.25) is 11.8 Å². The van der Waals surface area contributed by atoms with E-state index < -0.39 is 30.6 Å². The highest BCUT2D eigenvalue weighted by atomic mass is 16.4. The molecular formula is C20H25N7O7. The number of aliphatic hydroxyl groups excluding tert-OH is 1. The number of aliphatic carboxylic acids is 2. The number of carboxylic acid groups (broad SMARTS) is 2. The van der Waals surface area contributed by atoms with Gasteiger partial charge in [-0.25, -0.2) is 4.79 Å². The molecule has 2 heterocycles. The topological polar surface area (TPSA) is 223 Å². The molecule has 0 saturated carbocycles. The van der Waals surface area contributed by atoms with Crippen LogP contribution < -0.4 is 26.6 Å². The maximum absolute atomic E-state index is 12.3. The molecule has 0 spiro atoms. The summed E-state index contributed by atoms with van der Waals surface area (Å²) in [4.78, 5) is 43.5. The van der Waals surface area contributed by atoms with Crippen molar-refractivity contribution >= 4 is 41.0 Å². The number of aromatic hydroxyl groups is 1. The fourth-order valence-corrected chi connectivity index (χ4v) is 3.47. The molecule has 1 aliphatic heterocycles. The zero-order valence-electron chi connectivity index (χ0n) is 17.9. The van der Waals surface area contributed by atoms with Gasteiger partial charge >= 0.3 is 11.9 Å². The number of rotatable bonds is 10. The van der Waals surface area contributed by atoms with Crippen LogP contribution in [0.25, 0.3) is 0 Å². The number of carboxylic acids is 2. The third-order valence-electron chi connectivity index (χ3n) is 5.21. The average molecular weight is 475 g/mol. The van der Waals surface area contributed by atoms with Crippen LogP contribution in [0.4, 0.5) is 23.1 Å². The Kier molecular flexibility index (Phi) is 7.53. The van der Waals surface area contributed by atoms with Crippen molar-refractivity contribution < 1.29 is 34.8 Å². The van der Waals surface area contributed by atoms with E-state index in [1.165, 1.54) is 17.0 Å². The molecule has 0 saturated heterocycles. The minimum atomic E-state index is -1.32. The van der Waals surface area contributed by atoms with E-state index in [-0.39, 0.29) is 42.0 Å². The summed E-state index contributed by atoms with van der Waals surface area (Å²) in [7, 11) is 0. The lowest BCUT2D eigenvalue weighted by atomic mass is 10.1. The van der Waals surface area contributed by atoms with Crippen LogP contribution in [-0.2, 0) is 9.59 Å². The van der Waals surface area contributed by atoms with E-state index in [4.69, 9.17) is 10.8 Å². The van der Waals surface area contributed by atoms with Crippen molar-refractivity contribution in [2.45, 2.75) is 24.9 Å².